The standard InChI is InChI=1S/C21H21F2N3O4S/c1-11-17(20(28)30-7-6-29-3)12(2)25-18(11)19(27)26-21-24-10-15(31-21)8-13-4-5-14(22)9-16(13)23/h4-5,9-10,25H,6-8H2,1-3H3,(H,24,26,27). The van der Waals surface area contributed by atoms with Crippen LogP contribution in [0.1, 0.15) is 42.5 Å². The number of hydrogen-bond donors (Lipinski definition) is 2. The number of anilines is 1. The molecule has 2 heterocycles. The fraction of sp³-hybridized carbons (Fsp3) is 0.286. The largest absolute Gasteiger partial charge is 0.460 e. The van der Waals surface area contributed by atoms with Crippen LogP contribution in [0, 0.1) is 25.5 Å². The summed E-state index contributed by atoms with van der Waals surface area (Å²) in [6, 6.07) is 3.39. The Hall–Kier alpha value is -3.11. The summed E-state index contributed by atoms with van der Waals surface area (Å²) in [6.45, 7) is 3.71. The van der Waals surface area contributed by atoms with Crippen LogP contribution < -0.4 is 5.32 Å². The van der Waals surface area contributed by atoms with Gasteiger partial charge in [0.25, 0.3) is 5.91 Å². The molecule has 3 aromatic rings. The predicted molar refractivity (Wildman–Crippen MR) is 112 cm³/mol. The summed E-state index contributed by atoms with van der Waals surface area (Å²) in [5.74, 6) is -2.29. The van der Waals surface area contributed by atoms with E-state index < -0.39 is 23.5 Å². The van der Waals surface area contributed by atoms with Gasteiger partial charge in [0.05, 0.1) is 12.2 Å². The van der Waals surface area contributed by atoms with E-state index in [0.717, 1.165) is 6.07 Å². The maximum absolute atomic E-state index is 13.8. The van der Waals surface area contributed by atoms with Crippen molar-refractivity contribution in [1.82, 2.24) is 9.97 Å². The third-order valence-electron chi connectivity index (χ3n) is 4.54. The lowest BCUT2D eigenvalue weighted by molar-refractivity contribution is 0.0386. The molecule has 7 nitrogen and oxygen atoms in total. The van der Waals surface area contributed by atoms with Crippen LogP contribution in [0.3, 0.4) is 0 Å². The first-order chi connectivity index (χ1) is 14.8. The Morgan fingerprint density at radius 3 is 2.71 bits per heavy atom. The normalized spacial score (nSPS) is 10.9. The predicted octanol–water partition coefficient (Wildman–Crippen LogP) is 4.01. The van der Waals surface area contributed by atoms with Gasteiger partial charge in [0.1, 0.15) is 23.9 Å². The molecule has 0 fully saturated rings. The van der Waals surface area contributed by atoms with E-state index in [1.54, 1.807) is 13.8 Å². The van der Waals surface area contributed by atoms with Crippen LogP contribution in [0.4, 0.5) is 13.9 Å². The minimum atomic E-state index is -0.642. The topological polar surface area (TPSA) is 93.3 Å². The smallest absolute Gasteiger partial charge is 0.340 e. The molecular weight excluding hydrogens is 428 g/mol. The highest BCUT2D eigenvalue weighted by Crippen LogP contribution is 2.25. The minimum Gasteiger partial charge on any atom is -0.460 e. The van der Waals surface area contributed by atoms with Gasteiger partial charge in [-0.2, -0.15) is 0 Å². The first kappa shape index (κ1) is 22.6. The van der Waals surface area contributed by atoms with Gasteiger partial charge in [-0.1, -0.05) is 6.07 Å². The highest BCUT2D eigenvalue weighted by Gasteiger charge is 2.23. The SMILES string of the molecule is COCCOC(=O)c1c(C)[nH]c(C(=O)Nc2ncc(Cc3ccc(F)cc3F)s2)c1C. The summed E-state index contributed by atoms with van der Waals surface area (Å²) in [5, 5.41) is 2.99. The van der Waals surface area contributed by atoms with Gasteiger partial charge in [0, 0.05) is 36.4 Å². The first-order valence-electron chi connectivity index (χ1n) is 9.35. The van der Waals surface area contributed by atoms with Gasteiger partial charge in [0.2, 0.25) is 0 Å². The number of carbonyl (C=O) groups is 2. The van der Waals surface area contributed by atoms with E-state index in [4.69, 9.17) is 9.47 Å². The maximum Gasteiger partial charge on any atom is 0.340 e. The number of methoxy groups -OCH3 is 1. The maximum atomic E-state index is 13.8. The molecule has 0 aliphatic heterocycles. The van der Waals surface area contributed by atoms with E-state index in [2.05, 4.69) is 15.3 Å². The number of carbonyl (C=O) groups excluding carboxylic acids is 2. The molecule has 2 aromatic heterocycles. The summed E-state index contributed by atoms with van der Waals surface area (Å²) in [4.78, 5) is 32.7. The number of amides is 1. The summed E-state index contributed by atoms with van der Waals surface area (Å²) < 4.78 is 36.9. The van der Waals surface area contributed by atoms with Crippen LogP contribution >= 0.6 is 11.3 Å². The van der Waals surface area contributed by atoms with Crippen LogP contribution in [0.25, 0.3) is 0 Å². The Morgan fingerprint density at radius 1 is 1.23 bits per heavy atom. The van der Waals surface area contributed by atoms with Crippen molar-refractivity contribution in [2.75, 3.05) is 25.6 Å². The molecule has 164 valence electrons. The number of aromatic nitrogens is 2. The van der Waals surface area contributed by atoms with Crippen molar-refractivity contribution in [2.45, 2.75) is 20.3 Å². The van der Waals surface area contributed by atoms with Crippen molar-refractivity contribution in [1.29, 1.82) is 0 Å². The second kappa shape index (κ2) is 9.80. The molecule has 1 amide bonds. The number of nitrogens with zero attached hydrogens (tertiary/aromatic N) is 1. The average molecular weight is 449 g/mol. The molecule has 1 aromatic carbocycles. The highest BCUT2D eigenvalue weighted by atomic mass is 32.1. The van der Waals surface area contributed by atoms with E-state index in [1.165, 1.54) is 36.8 Å². The molecular formula is C21H21F2N3O4S. The number of H-pyrrole nitrogens is 1. The molecule has 31 heavy (non-hydrogen) atoms. The second-order valence-electron chi connectivity index (χ2n) is 6.75. The Balaban J connectivity index is 1.69. The molecule has 0 saturated carbocycles. The van der Waals surface area contributed by atoms with Crippen molar-refractivity contribution in [3.63, 3.8) is 0 Å². The van der Waals surface area contributed by atoms with Crippen LogP contribution in [0.2, 0.25) is 0 Å². The second-order valence-corrected chi connectivity index (χ2v) is 7.87. The lowest BCUT2D eigenvalue weighted by Crippen LogP contribution is -2.14. The Morgan fingerprint density at radius 2 is 2.00 bits per heavy atom. The zero-order valence-corrected chi connectivity index (χ0v) is 18.0. The van der Waals surface area contributed by atoms with E-state index >= 15 is 0 Å². The molecule has 0 radical (unpaired) electrons. The fourth-order valence-electron chi connectivity index (χ4n) is 3.03. The van der Waals surface area contributed by atoms with Crippen LogP contribution in [-0.4, -0.2) is 42.2 Å². The van der Waals surface area contributed by atoms with E-state index in [0.29, 0.717) is 32.4 Å². The molecule has 3 rings (SSSR count). The van der Waals surface area contributed by atoms with E-state index in [1.807, 2.05) is 0 Å². The number of esters is 1. The quantitative estimate of drug-likeness (QED) is 0.400. The number of thiazole rings is 1. The van der Waals surface area contributed by atoms with Crippen LogP contribution in [-0.2, 0) is 15.9 Å². The lowest BCUT2D eigenvalue weighted by atomic mass is 10.1. The summed E-state index contributed by atoms with van der Waals surface area (Å²) in [7, 11) is 1.50. The molecule has 0 atom stereocenters. The number of hydrogen-bond acceptors (Lipinski definition) is 6. The zero-order chi connectivity index (χ0) is 22.5. The van der Waals surface area contributed by atoms with Gasteiger partial charge in [-0.15, -0.1) is 11.3 Å². The van der Waals surface area contributed by atoms with Gasteiger partial charge >= 0.3 is 5.97 Å². The van der Waals surface area contributed by atoms with Crippen molar-refractivity contribution in [3.8, 4) is 0 Å². The molecule has 0 saturated heterocycles. The van der Waals surface area contributed by atoms with Gasteiger partial charge in [0.15, 0.2) is 5.13 Å². The molecule has 10 heteroatoms. The van der Waals surface area contributed by atoms with E-state index in [9.17, 15) is 18.4 Å². The van der Waals surface area contributed by atoms with Crippen molar-refractivity contribution in [3.05, 3.63) is 69.0 Å². The summed E-state index contributed by atoms with van der Waals surface area (Å²) in [6.07, 6.45) is 1.74. The summed E-state index contributed by atoms with van der Waals surface area (Å²) >= 11 is 1.18. The molecule has 2 N–H and O–H groups in total. The Kier molecular flexibility index (Phi) is 7.13. The van der Waals surface area contributed by atoms with Gasteiger partial charge in [-0.05, 0) is 31.0 Å². The number of benzene rings is 1. The Labute approximate surface area is 181 Å². The first-order valence-corrected chi connectivity index (χ1v) is 10.2. The third-order valence-corrected chi connectivity index (χ3v) is 5.46. The molecule has 0 spiro atoms. The molecule has 0 aliphatic carbocycles. The monoisotopic (exact) mass is 449 g/mol. The van der Waals surface area contributed by atoms with Crippen LogP contribution in [0.5, 0.6) is 0 Å². The van der Waals surface area contributed by atoms with Gasteiger partial charge in [-0.25, -0.2) is 18.6 Å². The zero-order valence-electron chi connectivity index (χ0n) is 17.2. The van der Waals surface area contributed by atoms with E-state index in [-0.39, 0.29) is 25.3 Å². The molecule has 0 bridgehead atoms. The number of rotatable bonds is 8. The average Bonchev–Trinajstić information content (AvgIpc) is 3.27. The fourth-order valence-corrected chi connectivity index (χ4v) is 3.86. The number of aryl methyl sites for hydroxylation is 1. The minimum absolute atomic E-state index is 0.109. The number of nitrogens with one attached hydrogen (secondary N) is 2. The van der Waals surface area contributed by atoms with Crippen LogP contribution in [0.15, 0.2) is 24.4 Å². The van der Waals surface area contributed by atoms with Crippen molar-refractivity contribution >= 4 is 28.3 Å². The van der Waals surface area contributed by atoms with Gasteiger partial charge < -0.3 is 14.5 Å². The lowest BCUT2D eigenvalue weighted by Gasteiger charge is -2.05. The van der Waals surface area contributed by atoms with Crippen molar-refractivity contribution in [2.24, 2.45) is 0 Å². The Bertz CT molecular complexity index is 1110. The number of aromatic amines is 1. The number of ether oxygens (including phenoxy) is 2. The molecule has 0 aliphatic rings. The number of halogens is 2. The van der Waals surface area contributed by atoms with Gasteiger partial charge in [-0.3, -0.25) is 10.1 Å². The third kappa shape index (κ3) is 5.33. The highest BCUT2D eigenvalue weighted by molar-refractivity contribution is 7.15. The van der Waals surface area contributed by atoms with Crippen molar-refractivity contribution < 1.29 is 27.8 Å². The molecule has 0 unspecified atom stereocenters. The summed E-state index contributed by atoms with van der Waals surface area (Å²) in [5.41, 5.74) is 1.82.